The molecule has 1 amide bonds. The van der Waals surface area contributed by atoms with Crippen molar-refractivity contribution in [2.75, 3.05) is 18.2 Å². The Morgan fingerprint density at radius 1 is 1.29 bits per heavy atom. The van der Waals surface area contributed by atoms with E-state index < -0.39 is 16.8 Å². The van der Waals surface area contributed by atoms with Crippen LogP contribution in [-0.4, -0.2) is 30.1 Å². The van der Waals surface area contributed by atoms with Crippen LogP contribution in [0.3, 0.4) is 0 Å². The molecule has 1 fully saturated rings. The van der Waals surface area contributed by atoms with Gasteiger partial charge in [0.25, 0.3) is 5.69 Å². The van der Waals surface area contributed by atoms with Gasteiger partial charge >= 0.3 is 5.97 Å². The van der Waals surface area contributed by atoms with Gasteiger partial charge in [-0.3, -0.25) is 19.7 Å². The average Bonchev–Trinajstić information content (AvgIpc) is 3.18. The van der Waals surface area contributed by atoms with Gasteiger partial charge in [0.15, 0.2) is 6.79 Å². The maximum absolute atomic E-state index is 12.6. The van der Waals surface area contributed by atoms with E-state index in [2.05, 4.69) is 6.92 Å². The molecule has 31 heavy (non-hydrogen) atoms. The van der Waals surface area contributed by atoms with E-state index in [-0.39, 0.29) is 44.6 Å². The van der Waals surface area contributed by atoms with E-state index in [9.17, 15) is 19.7 Å². The quantitative estimate of drug-likeness (QED) is 0.397. The van der Waals surface area contributed by atoms with E-state index in [1.165, 1.54) is 17.7 Å². The molecule has 2 aliphatic rings. The van der Waals surface area contributed by atoms with Crippen LogP contribution in [0.5, 0.6) is 5.75 Å². The molecule has 2 heterocycles. The van der Waals surface area contributed by atoms with Gasteiger partial charge in [0.2, 0.25) is 5.91 Å². The first-order valence-corrected chi connectivity index (χ1v) is 10.0. The summed E-state index contributed by atoms with van der Waals surface area (Å²) in [6.45, 7) is 2.31. The highest BCUT2D eigenvalue weighted by atomic mass is 16.7. The molecular weight excluding hydrogens is 404 g/mol. The topological polar surface area (TPSA) is 108 Å². The predicted octanol–water partition coefficient (Wildman–Crippen LogP) is 3.12. The summed E-state index contributed by atoms with van der Waals surface area (Å²) >= 11 is 0. The van der Waals surface area contributed by atoms with Crippen LogP contribution >= 0.6 is 0 Å². The van der Waals surface area contributed by atoms with Gasteiger partial charge in [-0.25, -0.2) is 0 Å². The minimum absolute atomic E-state index is 0.0225. The molecule has 0 radical (unpaired) electrons. The van der Waals surface area contributed by atoms with Crippen molar-refractivity contribution in [3.05, 3.63) is 63.2 Å². The van der Waals surface area contributed by atoms with Crippen molar-refractivity contribution in [1.82, 2.24) is 0 Å². The number of hydrogen-bond donors (Lipinski definition) is 0. The molecule has 9 heteroatoms. The molecule has 0 aromatic heterocycles. The zero-order chi connectivity index (χ0) is 22.0. The minimum atomic E-state index is -0.600. The normalized spacial score (nSPS) is 17.8. The SMILES string of the molecule is CCc1ccc(N2C[C@@H](C(=O)OCc3cc([N+](=O)[O-])cc4c3OCOC4)CC2=O)cc1. The summed E-state index contributed by atoms with van der Waals surface area (Å²) in [6.07, 6.45) is 0.964. The van der Waals surface area contributed by atoms with Crippen molar-refractivity contribution in [3.63, 3.8) is 0 Å². The molecule has 0 unspecified atom stereocenters. The van der Waals surface area contributed by atoms with Crippen molar-refractivity contribution >= 4 is 23.3 Å². The monoisotopic (exact) mass is 426 g/mol. The fraction of sp³-hybridized carbons (Fsp3) is 0.364. The fourth-order valence-corrected chi connectivity index (χ4v) is 3.79. The van der Waals surface area contributed by atoms with E-state index in [0.29, 0.717) is 16.9 Å². The van der Waals surface area contributed by atoms with Gasteiger partial charge in [0.1, 0.15) is 12.4 Å². The lowest BCUT2D eigenvalue weighted by molar-refractivity contribution is -0.385. The Bertz CT molecular complexity index is 1020. The smallest absolute Gasteiger partial charge is 0.311 e. The van der Waals surface area contributed by atoms with Crippen molar-refractivity contribution in [1.29, 1.82) is 0 Å². The van der Waals surface area contributed by atoms with Crippen molar-refractivity contribution in [2.24, 2.45) is 5.92 Å². The summed E-state index contributed by atoms with van der Waals surface area (Å²) in [5, 5.41) is 11.2. The number of rotatable bonds is 6. The van der Waals surface area contributed by atoms with E-state index >= 15 is 0 Å². The lowest BCUT2D eigenvalue weighted by atomic mass is 10.1. The van der Waals surface area contributed by atoms with Crippen molar-refractivity contribution in [3.8, 4) is 5.75 Å². The van der Waals surface area contributed by atoms with Crippen LogP contribution < -0.4 is 9.64 Å². The van der Waals surface area contributed by atoms with E-state index in [4.69, 9.17) is 14.2 Å². The third-order valence-corrected chi connectivity index (χ3v) is 5.47. The molecule has 0 aliphatic carbocycles. The van der Waals surface area contributed by atoms with Crippen molar-refractivity contribution < 1.29 is 28.7 Å². The number of nitro groups is 1. The van der Waals surface area contributed by atoms with Crippen LogP contribution in [0.2, 0.25) is 0 Å². The molecule has 1 saturated heterocycles. The number of carbonyl (C=O) groups excluding carboxylic acids is 2. The molecule has 4 rings (SSSR count). The summed E-state index contributed by atoms with van der Waals surface area (Å²) in [5.41, 5.74) is 2.72. The Morgan fingerprint density at radius 3 is 2.77 bits per heavy atom. The number of non-ortho nitro benzene ring substituents is 1. The lowest BCUT2D eigenvalue weighted by Gasteiger charge is -2.21. The molecule has 0 N–H and O–H groups in total. The number of amides is 1. The fourth-order valence-electron chi connectivity index (χ4n) is 3.79. The second kappa shape index (κ2) is 8.73. The Morgan fingerprint density at radius 2 is 2.06 bits per heavy atom. The van der Waals surface area contributed by atoms with Crippen LogP contribution in [0.25, 0.3) is 0 Å². The second-order valence-electron chi connectivity index (χ2n) is 7.49. The number of hydrogen-bond acceptors (Lipinski definition) is 7. The number of ether oxygens (including phenoxy) is 3. The van der Waals surface area contributed by atoms with Gasteiger partial charge in [-0.05, 0) is 24.1 Å². The molecule has 9 nitrogen and oxygen atoms in total. The average molecular weight is 426 g/mol. The van der Waals surface area contributed by atoms with Crippen LogP contribution in [0.1, 0.15) is 30.0 Å². The number of anilines is 1. The molecule has 0 spiro atoms. The summed E-state index contributed by atoms with van der Waals surface area (Å²) in [4.78, 5) is 37.3. The Labute approximate surface area is 178 Å². The molecule has 0 saturated carbocycles. The number of aryl methyl sites for hydroxylation is 1. The number of carbonyl (C=O) groups is 2. The van der Waals surface area contributed by atoms with Crippen molar-refractivity contribution in [2.45, 2.75) is 33.0 Å². The van der Waals surface area contributed by atoms with Gasteiger partial charge in [-0.2, -0.15) is 0 Å². The largest absolute Gasteiger partial charge is 0.467 e. The predicted molar refractivity (Wildman–Crippen MR) is 109 cm³/mol. The first kappa shape index (κ1) is 20.8. The van der Waals surface area contributed by atoms with Crippen LogP contribution in [-0.2, 0) is 38.7 Å². The summed E-state index contributed by atoms with van der Waals surface area (Å²) in [6, 6.07) is 10.4. The highest BCUT2D eigenvalue weighted by molar-refractivity contribution is 5.99. The number of nitro benzene ring substituents is 1. The first-order chi connectivity index (χ1) is 15.0. The Hall–Kier alpha value is -3.46. The lowest BCUT2D eigenvalue weighted by Crippen LogP contribution is -2.26. The molecule has 1 atom stereocenters. The molecule has 2 aromatic carbocycles. The van der Waals surface area contributed by atoms with Gasteiger partial charge in [-0.15, -0.1) is 0 Å². The maximum atomic E-state index is 12.6. The van der Waals surface area contributed by atoms with Crippen LogP contribution in [0.4, 0.5) is 11.4 Å². The highest BCUT2D eigenvalue weighted by Gasteiger charge is 2.36. The second-order valence-corrected chi connectivity index (χ2v) is 7.49. The zero-order valence-electron chi connectivity index (χ0n) is 17.0. The van der Waals surface area contributed by atoms with E-state index in [1.54, 1.807) is 4.90 Å². The van der Waals surface area contributed by atoms with Gasteiger partial charge in [-0.1, -0.05) is 19.1 Å². The molecule has 2 aliphatic heterocycles. The number of benzene rings is 2. The Kier molecular flexibility index (Phi) is 5.85. The minimum Gasteiger partial charge on any atom is -0.467 e. The highest BCUT2D eigenvalue weighted by Crippen LogP contribution is 2.33. The Balaban J connectivity index is 1.44. The van der Waals surface area contributed by atoms with E-state index in [1.807, 2.05) is 24.3 Å². The zero-order valence-corrected chi connectivity index (χ0v) is 17.0. The summed E-state index contributed by atoms with van der Waals surface area (Å²) in [7, 11) is 0. The summed E-state index contributed by atoms with van der Waals surface area (Å²) in [5.74, 6) is -0.824. The standard InChI is InChI=1S/C22H22N2O7/c1-2-14-3-5-18(6-4-14)23-10-15(9-20(23)25)22(26)30-12-17-8-19(24(27)28)7-16-11-29-13-31-21(16)17/h3-8,15H,2,9-13H2,1H3/t15-/m0/s1. The molecular formula is C22H22N2O7. The first-order valence-electron chi connectivity index (χ1n) is 10.0. The number of nitrogens with zero attached hydrogens (tertiary/aromatic N) is 2. The van der Waals surface area contributed by atoms with Gasteiger partial charge in [0.05, 0.1) is 17.4 Å². The van der Waals surface area contributed by atoms with Gasteiger partial charge < -0.3 is 19.1 Å². The number of fused-ring (bicyclic) bond motifs is 1. The third kappa shape index (κ3) is 4.36. The van der Waals surface area contributed by atoms with Crippen LogP contribution in [0.15, 0.2) is 36.4 Å². The maximum Gasteiger partial charge on any atom is 0.311 e. The van der Waals surface area contributed by atoms with Gasteiger partial charge in [0, 0.05) is 41.9 Å². The molecule has 162 valence electrons. The number of esters is 1. The van der Waals surface area contributed by atoms with E-state index in [0.717, 1.165) is 12.1 Å². The summed E-state index contributed by atoms with van der Waals surface area (Å²) < 4.78 is 16.1. The molecule has 0 bridgehead atoms. The van der Waals surface area contributed by atoms with Crippen LogP contribution in [0, 0.1) is 16.0 Å². The molecule has 2 aromatic rings. The third-order valence-electron chi connectivity index (χ3n) is 5.47.